The number of piperazine rings is 1. The topological polar surface area (TPSA) is 32.5 Å². The van der Waals surface area contributed by atoms with Gasteiger partial charge in [0.1, 0.15) is 0 Å². The van der Waals surface area contributed by atoms with Crippen LogP contribution in [-0.4, -0.2) is 41.5 Å². The first-order chi connectivity index (χ1) is 9.61. The highest BCUT2D eigenvalue weighted by Gasteiger charge is 2.32. The van der Waals surface area contributed by atoms with Crippen LogP contribution in [0.15, 0.2) is 18.2 Å². The van der Waals surface area contributed by atoms with Crippen LogP contribution in [0.1, 0.15) is 31.7 Å². The molecule has 0 amide bonds. The second-order valence-electron chi connectivity index (χ2n) is 6.32. The molecule has 2 atom stereocenters. The average molecular weight is 294 g/mol. The number of hydrogen-bond donors (Lipinski definition) is 1. The fourth-order valence-electron chi connectivity index (χ4n) is 3.63. The lowest BCUT2D eigenvalue weighted by Crippen LogP contribution is -2.58. The van der Waals surface area contributed by atoms with Crippen LogP contribution in [0.2, 0.25) is 5.02 Å². The van der Waals surface area contributed by atoms with Crippen molar-refractivity contribution in [3.63, 3.8) is 0 Å². The van der Waals surface area contributed by atoms with E-state index in [1.54, 1.807) is 0 Å². The molecule has 3 nitrogen and oxygen atoms in total. The molecule has 2 fully saturated rings. The van der Waals surface area contributed by atoms with Gasteiger partial charge in [-0.1, -0.05) is 18.0 Å². The highest BCUT2D eigenvalue weighted by Crippen LogP contribution is 2.26. The highest BCUT2D eigenvalue weighted by molar-refractivity contribution is 6.30. The van der Waals surface area contributed by atoms with E-state index in [1.807, 2.05) is 18.2 Å². The van der Waals surface area contributed by atoms with E-state index in [4.69, 9.17) is 17.3 Å². The fraction of sp³-hybridized carbons (Fsp3) is 0.625. The third-order valence-corrected chi connectivity index (χ3v) is 4.90. The maximum Gasteiger partial charge on any atom is 0.0429 e. The van der Waals surface area contributed by atoms with E-state index < -0.39 is 0 Å². The first kappa shape index (κ1) is 14.2. The summed E-state index contributed by atoms with van der Waals surface area (Å²) in [5.74, 6) is 0. The van der Waals surface area contributed by atoms with Crippen molar-refractivity contribution < 1.29 is 0 Å². The molecule has 0 aromatic heterocycles. The number of nitrogens with zero attached hydrogens (tertiary/aromatic N) is 2. The molecule has 3 rings (SSSR count). The van der Waals surface area contributed by atoms with Crippen LogP contribution in [-0.2, 0) is 6.54 Å². The number of anilines is 1. The van der Waals surface area contributed by atoms with Crippen molar-refractivity contribution in [2.45, 2.75) is 44.8 Å². The molecule has 0 aliphatic carbocycles. The van der Waals surface area contributed by atoms with Crippen LogP contribution >= 0.6 is 11.6 Å². The summed E-state index contributed by atoms with van der Waals surface area (Å²) in [6.07, 6.45) is 4.10. The number of halogens is 1. The van der Waals surface area contributed by atoms with Crippen molar-refractivity contribution in [3.05, 3.63) is 28.8 Å². The Bertz CT molecular complexity index is 457. The summed E-state index contributed by atoms with van der Waals surface area (Å²) in [5.41, 5.74) is 7.88. The summed E-state index contributed by atoms with van der Waals surface area (Å²) in [7, 11) is 0. The molecule has 0 saturated carbocycles. The Labute approximate surface area is 126 Å². The lowest BCUT2D eigenvalue weighted by Gasteiger charge is -2.47. The molecule has 4 heteroatoms. The van der Waals surface area contributed by atoms with Gasteiger partial charge < -0.3 is 5.73 Å². The molecule has 110 valence electrons. The van der Waals surface area contributed by atoms with E-state index >= 15 is 0 Å². The molecular weight excluding hydrogens is 270 g/mol. The fourth-order valence-corrected chi connectivity index (χ4v) is 3.90. The number of nitrogens with two attached hydrogens (primary N) is 1. The second kappa shape index (κ2) is 5.92. The Morgan fingerprint density at radius 2 is 2.10 bits per heavy atom. The van der Waals surface area contributed by atoms with Crippen LogP contribution in [0, 0.1) is 0 Å². The predicted octanol–water partition coefficient (Wildman–Crippen LogP) is 2.98. The molecule has 20 heavy (non-hydrogen) atoms. The van der Waals surface area contributed by atoms with Gasteiger partial charge in [-0.25, -0.2) is 0 Å². The van der Waals surface area contributed by atoms with Crippen molar-refractivity contribution in [3.8, 4) is 0 Å². The minimum atomic E-state index is 0.601. The Kier molecular flexibility index (Phi) is 4.20. The Hall–Kier alpha value is -0.770. The molecule has 0 spiro atoms. The molecule has 1 aromatic rings. The lowest BCUT2D eigenvalue weighted by molar-refractivity contribution is 0.0111. The van der Waals surface area contributed by atoms with Gasteiger partial charge >= 0.3 is 0 Å². The molecule has 2 aliphatic heterocycles. The normalized spacial score (nSPS) is 28.3. The smallest absolute Gasteiger partial charge is 0.0429 e. The molecule has 2 aliphatic rings. The maximum absolute atomic E-state index is 6.11. The lowest BCUT2D eigenvalue weighted by atomic mass is 9.96. The van der Waals surface area contributed by atoms with Gasteiger partial charge in [0.2, 0.25) is 0 Å². The summed E-state index contributed by atoms with van der Waals surface area (Å²) in [6, 6.07) is 7.25. The molecule has 1 aromatic carbocycles. The molecule has 2 saturated heterocycles. The van der Waals surface area contributed by atoms with E-state index in [0.717, 1.165) is 23.3 Å². The monoisotopic (exact) mass is 293 g/mol. The zero-order valence-corrected chi connectivity index (χ0v) is 12.9. The first-order valence-corrected chi connectivity index (χ1v) is 8.02. The zero-order valence-electron chi connectivity index (χ0n) is 12.2. The Morgan fingerprint density at radius 3 is 2.90 bits per heavy atom. The van der Waals surface area contributed by atoms with Gasteiger partial charge in [0.15, 0.2) is 0 Å². The van der Waals surface area contributed by atoms with Gasteiger partial charge in [0.25, 0.3) is 0 Å². The van der Waals surface area contributed by atoms with E-state index in [2.05, 4.69) is 16.7 Å². The highest BCUT2D eigenvalue weighted by atomic mass is 35.5. The zero-order chi connectivity index (χ0) is 14.1. The second-order valence-corrected chi connectivity index (χ2v) is 6.75. The van der Waals surface area contributed by atoms with Gasteiger partial charge in [-0.3, -0.25) is 9.80 Å². The number of rotatable bonds is 2. The molecule has 2 N–H and O–H groups in total. The van der Waals surface area contributed by atoms with Crippen LogP contribution in [0.3, 0.4) is 0 Å². The number of nitrogen functional groups attached to an aromatic ring is 1. The summed E-state index contributed by atoms with van der Waals surface area (Å²) in [5, 5.41) is 0.740. The van der Waals surface area contributed by atoms with Crippen LogP contribution in [0.5, 0.6) is 0 Å². The number of piperidine rings is 1. The summed E-state index contributed by atoms with van der Waals surface area (Å²) in [6.45, 7) is 6.94. The van der Waals surface area contributed by atoms with Crippen molar-refractivity contribution in [2.75, 3.05) is 25.4 Å². The SMILES string of the molecule is CC1CN2CCCCC2CN1Cc1cc(N)cc(Cl)c1. The van der Waals surface area contributed by atoms with E-state index in [0.29, 0.717) is 6.04 Å². The molecule has 2 heterocycles. The predicted molar refractivity (Wildman–Crippen MR) is 84.9 cm³/mol. The molecule has 0 radical (unpaired) electrons. The molecule has 2 unspecified atom stereocenters. The van der Waals surface area contributed by atoms with Crippen LogP contribution in [0.25, 0.3) is 0 Å². The van der Waals surface area contributed by atoms with Crippen molar-refractivity contribution >= 4 is 17.3 Å². The van der Waals surface area contributed by atoms with Crippen LogP contribution in [0.4, 0.5) is 5.69 Å². The first-order valence-electron chi connectivity index (χ1n) is 7.65. The quantitative estimate of drug-likeness (QED) is 0.851. The van der Waals surface area contributed by atoms with E-state index in [-0.39, 0.29) is 0 Å². The standard InChI is InChI=1S/C16H24ClN3/c1-12-9-19-5-3-2-4-16(19)11-20(12)10-13-6-14(17)8-15(18)7-13/h6-8,12,16H,2-5,9-11,18H2,1H3. The molecular formula is C16H24ClN3. The van der Waals surface area contributed by atoms with Gasteiger partial charge in [0.05, 0.1) is 0 Å². The maximum atomic E-state index is 6.11. The average Bonchev–Trinajstić information content (AvgIpc) is 2.38. The summed E-state index contributed by atoms with van der Waals surface area (Å²) >= 11 is 6.11. The summed E-state index contributed by atoms with van der Waals surface area (Å²) in [4.78, 5) is 5.26. The third kappa shape index (κ3) is 3.11. The van der Waals surface area contributed by atoms with Crippen molar-refractivity contribution in [2.24, 2.45) is 0 Å². The largest absolute Gasteiger partial charge is 0.399 e. The number of benzene rings is 1. The minimum Gasteiger partial charge on any atom is -0.399 e. The Balaban J connectivity index is 1.70. The minimum absolute atomic E-state index is 0.601. The van der Waals surface area contributed by atoms with Crippen LogP contribution < -0.4 is 5.73 Å². The molecule has 0 bridgehead atoms. The van der Waals surface area contributed by atoms with Gasteiger partial charge in [-0.15, -0.1) is 0 Å². The van der Waals surface area contributed by atoms with Gasteiger partial charge in [0, 0.05) is 42.4 Å². The van der Waals surface area contributed by atoms with Gasteiger partial charge in [-0.2, -0.15) is 0 Å². The number of hydrogen-bond acceptors (Lipinski definition) is 3. The summed E-state index contributed by atoms with van der Waals surface area (Å²) < 4.78 is 0. The number of fused-ring (bicyclic) bond motifs is 1. The van der Waals surface area contributed by atoms with Crippen molar-refractivity contribution in [1.29, 1.82) is 0 Å². The van der Waals surface area contributed by atoms with Crippen molar-refractivity contribution in [1.82, 2.24) is 9.80 Å². The van der Waals surface area contributed by atoms with E-state index in [9.17, 15) is 0 Å². The van der Waals surface area contributed by atoms with Gasteiger partial charge in [-0.05, 0) is 50.1 Å². The Morgan fingerprint density at radius 1 is 1.25 bits per heavy atom. The third-order valence-electron chi connectivity index (χ3n) is 4.68. The van der Waals surface area contributed by atoms with E-state index in [1.165, 1.54) is 44.5 Å².